The summed E-state index contributed by atoms with van der Waals surface area (Å²) in [5.41, 5.74) is 9.55. The lowest BCUT2D eigenvalue weighted by molar-refractivity contribution is 0.733. The molecule has 0 amide bonds. The average molecular weight is 257 g/mol. The zero-order valence-electron chi connectivity index (χ0n) is 10.4. The van der Waals surface area contributed by atoms with Gasteiger partial charge in [-0.25, -0.2) is 0 Å². The Bertz CT molecular complexity index is 696. The van der Waals surface area contributed by atoms with Crippen LogP contribution in [0.5, 0.6) is 0 Å². The average Bonchev–Trinajstić information content (AvgIpc) is 2.94. The van der Waals surface area contributed by atoms with Gasteiger partial charge in [-0.15, -0.1) is 11.3 Å². The molecule has 4 heteroatoms. The molecule has 0 spiro atoms. The maximum atomic E-state index is 6.34. The molecule has 0 aliphatic heterocycles. The van der Waals surface area contributed by atoms with E-state index in [1.165, 1.54) is 4.88 Å². The van der Waals surface area contributed by atoms with Crippen molar-refractivity contribution >= 4 is 22.2 Å². The van der Waals surface area contributed by atoms with Gasteiger partial charge >= 0.3 is 0 Å². The minimum absolute atomic E-state index is 0.152. The number of nitrogens with two attached hydrogens (primary N) is 1. The van der Waals surface area contributed by atoms with Gasteiger partial charge in [0, 0.05) is 17.3 Å². The number of nitrogens with zero attached hydrogens (tertiary/aromatic N) is 2. The third-order valence-electron chi connectivity index (χ3n) is 3.19. The smallest absolute Gasteiger partial charge is 0.0916 e. The molecule has 1 unspecified atom stereocenters. The fourth-order valence-corrected chi connectivity index (χ4v) is 3.00. The van der Waals surface area contributed by atoms with Crippen molar-refractivity contribution in [3.8, 4) is 0 Å². The first kappa shape index (κ1) is 11.4. The second-order valence-corrected chi connectivity index (χ2v) is 5.61. The Morgan fingerprint density at radius 1 is 1.33 bits per heavy atom. The Balaban J connectivity index is 2.14. The van der Waals surface area contributed by atoms with Crippen molar-refractivity contribution < 1.29 is 0 Å². The summed E-state index contributed by atoms with van der Waals surface area (Å²) in [4.78, 5) is 1.28. The maximum Gasteiger partial charge on any atom is 0.0916 e. The number of aryl methyl sites for hydroxylation is 2. The van der Waals surface area contributed by atoms with Gasteiger partial charge in [0.2, 0.25) is 0 Å². The lowest BCUT2D eigenvalue weighted by Gasteiger charge is -2.06. The third kappa shape index (κ3) is 1.74. The zero-order chi connectivity index (χ0) is 12.7. The van der Waals surface area contributed by atoms with Gasteiger partial charge in [-0.05, 0) is 30.0 Å². The van der Waals surface area contributed by atoms with Crippen molar-refractivity contribution in [1.82, 2.24) is 9.78 Å². The van der Waals surface area contributed by atoms with Crippen LogP contribution in [0.1, 0.15) is 22.2 Å². The molecule has 18 heavy (non-hydrogen) atoms. The van der Waals surface area contributed by atoms with E-state index < -0.39 is 0 Å². The molecule has 92 valence electrons. The van der Waals surface area contributed by atoms with Crippen LogP contribution >= 0.6 is 11.3 Å². The molecule has 0 bridgehead atoms. The highest BCUT2D eigenvalue weighted by molar-refractivity contribution is 7.10. The van der Waals surface area contributed by atoms with Gasteiger partial charge < -0.3 is 5.73 Å². The standard InChI is InChI=1S/C14H15N3S/c1-9-7-10(8-18-9)13(15)14-11-5-3-4-6-12(11)17(2)16-14/h3-8,13H,15H2,1-2H3. The van der Waals surface area contributed by atoms with E-state index in [-0.39, 0.29) is 6.04 Å². The topological polar surface area (TPSA) is 43.8 Å². The van der Waals surface area contributed by atoms with E-state index in [1.807, 2.05) is 23.9 Å². The van der Waals surface area contributed by atoms with Gasteiger partial charge in [0.05, 0.1) is 17.3 Å². The summed E-state index contributed by atoms with van der Waals surface area (Å²) < 4.78 is 1.89. The fraction of sp³-hybridized carbons (Fsp3) is 0.214. The Hall–Kier alpha value is -1.65. The van der Waals surface area contributed by atoms with Gasteiger partial charge in [0.1, 0.15) is 0 Å². The van der Waals surface area contributed by atoms with Gasteiger partial charge in [-0.2, -0.15) is 5.10 Å². The summed E-state index contributed by atoms with van der Waals surface area (Å²) in [6, 6.07) is 10.2. The minimum Gasteiger partial charge on any atom is -0.319 e. The first-order valence-electron chi connectivity index (χ1n) is 5.89. The molecule has 3 aromatic rings. The predicted octanol–water partition coefficient (Wildman–Crippen LogP) is 2.99. The number of rotatable bonds is 2. The van der Waals surface area contributed by atoms with Crippen LogP contribution in [0.4, 0.5) is 0 Å². The van der Waals surface area contributed by atoms with Crippen molar-refractivity contribution in [2.75, 3.05) is 0 Å². The fourth-order valence-electron chi connectivity index (χ4n) is 2.26. The van der Waals surface area contributed by atoms with Crippen LogP contribution in [0.25, 0.3) is 10.9 Å². The van der Waals surface area contributed by atoms with E-state index in [9.17, 15) is 0 Å². The lowest BCUT2D eigenvalue weighted by atomic mass is 10.0. The highest BCUT2D eigenvalue weighted by atomic mass is 32.1. The van der Waals surface area contributed by atoms with E-state index in [1.54, 1.807) is 11.3 Å². The number of fused-ring (bicyclic) bond motifs is 1. The SMILES string of the molecule is Cc1cc(C(N)c2nn(C)c3ccccc23)cs1. The zero-order valence-corrected chi connectivity index (χ0v) is 11.2. The molecule has 3 nitrogen and oxygen atoms in total. The van der Waals surface area contributed by atoms with Gasteiger partial charge in [-0.3, -0.25) is 4.68 Å². The summed E-state index contributed by atoms with van der Waals surface area (Å²) in [6.07, 6.45) is 0. The number of hydrogen-bond donors (Lipinski definition) is 1. The maximum absolute atomic E-state index is 6.34. The molecule has 0 aliphatic carbocycles. The molecule has 1 atom stereocenters. The Kier molecular flexibility index (Phi) is 2.69. The number of hydrogen-bond acceptors (Lipinski definition) is 3. The molecule has 0 fully saturated rings. The summed E-state index contributed by atoms with van der Waals surface area (Å²) in [7, 11) is 1.96. The van der Waals surface area contributed by atoms with Crippen molar-refractivity contribution in [2.45, 2.75) is 13.0 Å². The normalized spacial score (nSPS) is 13.1. The number of aromatic nitrogens is 2. The first-order valence-corrected chi connectivity index (χ1v) is 6.77. The Morgan fingerprint density at radius 3 is 2.83 bits per heavy atom. The molecular weight excluding hydrogens is 242 g/mol. The summed E-state index contributed by atoms with van der Waals surface area (Å²) in [5, 5.41) is 7.82. The first-order chi connectivity index (χ1) is 8.66. The van der Waals surface area contributed by atoms with Crippen LogP contribution in [0, 0.1) is 6.92 Å². The summed E-state index contributed by atoms with van der Waals surface area (Å²) in [6.45, 7) is 2.09. The molecule has 0 aliphatic rings. The lowest BCUT2D eigenvalue weighted by Crippen LogP contribution is -2.12. The number of benzene rings is 1. The molecule has 1 aromatic carbocycles. The molecule has 0 radical (unpaired) electrons. The monoisotopic (exact) mass is 257 g/mol. The van der Waals surface area contributed by atoms with Crippen LogP contribution in [0.15, 0.2) is 35.7 Å². The third-order valence-corrected chi connectivity index (χ3v) is 4.07. The van der Waals surface area contributed by atoms with Crippen molar-refractivity contribution in [3.63, 3.8) is 0 Å². The van der Waals surface area contributed by atoms with Crippen molar-refractivity contribution in [1.29, 1.82) is 0 Å². The molecule has 2 N–H and O–H groups in total. The van der Waals surface area contributed by atoms with Gasteiger partial charge in [0.25, 0.3) is 0 Å². The molecule has 3 rings (SSSR count). The summed E-state index contributed by atoms with van der Waals surface area (Å²) >= 11 is 1.73. The van der Waals surface area contributed by atoms with E-state index in [4.69, 9.17) is 5.73 Å². The second-order valence-electron chi connectivity index (χ2n) is 4.49. The van der Waals surface area contributed by atoms with Crippen LogP contribution in [0.2, 0.25) is 0 Å². The molecular formula is C14H15N3S. The molecule has 0 saturated carbocycles. The highest BCUT2D eigenvalue weighted by Gasteiger charge is 2.17. The van der Waals surface area contributed by atoms with Crippen LogP contribution in [0.3, 0.4) is 0 Å². The highest BCUT2D eigenvalue weighted by Crippen LogP contribution is 2.28. The van der Waals surface area contributed by atoms with Gasteiger partial charge in [-0.1, -0.05) is 18.2 Å². The number of para-hydroxylation sites is 1. The van der Waals surface area contributed by atoms with Crippen LogP contribution < -0.4 is 5.73 Å². The second kappa shape index (κ2) is 4.23. The Labute approximate surface area is 110 Å². The van der Waals surface area contributed by atoms with E-state index >= 15 is 0 Å². The largest absolute Gasteiger partial charge is 0.319 e. The van der Waals surface area contributed by atoms with Crippen LogP contribution in [-0.4, -0.2) is 9.78 Å². The number of thiophene rings is 1. The van der Waals surface area contributed by atoms with Gasteiger partial charge in [0.15, 0.2) is 0 Å². The van der Waals surface area contributed by atoms with E-state index in [2.05, 4.69) is 35.6 Å². The predicted molar refractivity (Wildman–Crippen MR) is 75.8 cm³/mol. The van der Waals surface area contributed by atoms with E-state index in [0.717, 1.165) is 22.2 Å². The molecule has 2 aromatic heterocycles. The summed E-state index contributed by atoms with van der Waals surface area (Å²) in [5.74, 6) is 0. The van der Waals surface area contributed by atoms with Crippen LogP contribution in [-0.2, 0) is 7.05 Å². The Morgan fingerprint density at radius 2 is 2.11 bits per heavy atom. The van der Waals surface area contributed by atoms with Crippen molar-refractivity contribution in [3.05, 3.63) is 51.8 Å². The molecule has 0 saturated heterocycles. The van der Waals surface area contributed by atoms with Crippen molar-refractivity contribution in [2.24, 2.45) is 12.8 Å². The van der Waals surface area contributed by atoms with E-state index in [0.29, 0.717) is 0 Å². The minimum atomic E-state index is -0.152. The molecule has 2 heterocycles. The quantitative estimate of drug-likeness (QED) is 0.767.